The number of hydrogen-bond donors (Lipinski definition) is 0. The van der Waals surface area contributed by atoms with Gasteiger partial charge in [-0.25, -0.2) is 30.7 Å². The summed E-state index contributed by atoms with van der Waals surface area (Å²) in [5, 5.41) is 0. The van der Waals surface area contributed by atoms with Gasteiger partial charge in [0.05, 0.1) is 5.56 Å². The lowest BCUT2D eigenvalue weighted by molar-refractivity contribution is 0.446. The van der Waals surface area contributed by atoms with Crippen LogP contribution >= 0.6 is 0 Å². The van der Waals surface area contributed by atoms with Gasteiger partial charge < -0.3 is 0 Å². The molecule has 0 fully saturated rings. The Hall–Kier alpha value is -3.09. The van der Waals surface area contributed by atoms with E-state index in [0.29, 0.717) is 5.56 Å². The van der Waals surface area contributed by atoms with Gasteiger partial charge in [-0.2, -0.15) is 0 Å². The summed E-state index contributed by atoms with van der Waals surface area (Å²) in [7, 11) is 0. The Morgan fingerprint density at radius 1 is 0.667 bits per heavy atom. The lowest BCUT2D eigenvalue weighted by Gasteiger charge is -2.09. The third-order valence-corrected chi connectivity index (χ3v) is 4.52. The summed E-state index contributed by atoms with van der Waals surface area (Å²) in [4.78, 5) is 0. The lowest BCUT2D eigenvalue weighted by Crippen LogP contribution is -1.98. The minimum atomic E-state index is -2.00. The average Bonchev–Trinajstić information content (AvgIpc) is 2.71. The van der Waals surface area contributed by atoms with Gasteiger partial charge in [0.15, 0.2) is 29.1 Å². The molecule has 3 aromatic carbocycles. The molecule has 3 aromatic rings. The maximum Gasteiger partial charge on any atom is 0.194 e. The summed E-state index contributed by atoms with van der Waals surface area (Å²) in [5.41, 5.74) is -0.758. The molecule has 0 aliphatic carbocycles. The van der Waals surface area contributed by atoms with Crippen molar-refractivity contribution < 1.29 is 30.7 Å². The Morgan fingerprint density at radius 2 is 1.20 bits per heavy atom. The van der Waals surface area contributed by atoms with Crippen LogP contribution in [-0.2, 0) is 6.42 Å². The minimum Gasteiger partial charge on any atom is -0.206 e. The molecule has 0 atom stereocenters. The highest BCUT2D eigenvalue weighted by molar-refractivity contribution is 5.84. The zero-order chi connectivity index (χ0) is 22.0. The number of benzene rings is 3. The molecule has 0 radical (unpaired) electrons. The first kappa shape index (κ1) is 21.6. The highest BCUT2D eigenvalue weighted by atomic mass is 19.2. The molecular formula is C23H15F7. The van der Waals surface area contributed by atoms with Crippen LogP contribution < -0.4 is 0 Å². The molecule has 0 heterocycles. The standard InChI is InChI=1S/C23H15F7/c1-2-3-12-4-6-13(7-5-12)14-8-16(24)20(17(25)9-14)23(30)21(28)15-10-18(26)22(29)19(27)11-15/h4-11H,2-3H2,1H3/b23-21+. The Bertz CT molecular complexity index is 1070. The fraction of sp³-hybridized carbons (Fsp3) is 0.130. The fourth-order valence-corrected chi connectivity index (χ4v) is 3.02. The first-order valence-electron chi connectivity index (χ1n) is 9.01. The van der Waals surface area contributed by atoms with Gasteiger partial charge in [-0.15, -0.1) is 0 Å². The molecule has 0 aliphatic rings. The van der Waals surface area contributed by atoms with Crippen molar-refractivity contribution >= 4 is 11.7 Å². The van der Waals surface area contributed by atoms with Gasteiger partial charge in [0.2, 0.25) is 0 Å². The maximum absolute atomic E-state index is 14.5. The third kappa shape index (κ3) is 4.25. The van der Waals surface area contributed by atoms with Crippen LogP contribution in [0.15, 0.2) is 48.5 Å². The van der Waals surface area contributed by atoms with Crippen LogP contribution in [0.3, 0.4) is 0 Å². The van der Waals surface area contributed by atoms with Gasteiger partial charge in [-0.3, -0.25) is 0 Å². The van der Waals surface area contributed by atoms with Crippen molar-refractivity contribution in [1.29, 1.82) is 0 Å². The van der Waals surface area contributed by atoms with Gasteiger partial charge in [-0.1, -0.05) is 37.6 Å². The van der Waals surface area contributed by atoms with E-state index in [2.05, 4.69) is 0 Å². The van der Waals surface area contributed by atoms with E-state index in [9.17, 15) is 30.7 Å². The summed E-state index contributed by atoms with van der Waals surface area (Å²) >= 11 is 0. The van der Waals surface area contributed by atoms with Gasteiger partial charge in [-0.05, 0) is 47.4 Å². The fourth-order valence-electron chi connectivity index (χ4n) is 3.02. The first-order valence-corrected chi connectivity index (χ1v) is 9.01. The monoisotopic (exact) mass is 424 g/mol. The highest BCUT2D eigenvalue weighted by Crippen LogP contribution is 2.35. The van der Waals surface area contributed by atoms with E-state index in [1.165, 1.54) is 0 Å². The van der Waals surface area contributed by atoms with E-state index in [4.69, 9.17) is 0 Å². The molecule has 0 unspecified atom stereocenters. The Labute approximate surface area is 168 Å². The van der Waals surface area contributed by atoms with Crippen molar-refractivity contribution in [3.05, 3.63) is 94.3 Å². The predicted molar refractivity (Wildman–Crippen MR) is 101 cm³/mol. The molecule has 0 saturated heterocycles. The zero-order valence-electron chi connectivity index (χ0n) is 15.7. The topological polar surface area (TPSA) is 0 Å². The predicted octanol–water partition coefficient (Wildman–Crippen LogP) is 7.77. The second kappa shape index (κ2) is 8.73. The zero-order valence-corrected chi connectivity index (χ0v) is 15.7. The van der Waals surface area contributed by atoms with Crippen LogP contribution in [0.2, 0.25) is 0 Å². The van der Waals surface area contributed by atoms with Gasteiger partial charge in [0.25, 0.3) is 0 Å². The molecule has 0 bridgehead atoms. The van der Waals surface area contributed by atoms with Crippen molar-refractivity contribution in [2.75, 3.05) is 0 Å². The van der Waals surface area contributed by atoms with Crippen molar-refractivity contribution in [3.8, 4) is 11.1 Å². The minimum absolute atomic E-state index is 0.101. The highest BCUT2D eigenvalue weighted by Gasteiger charge is 2.23. The SMILES string of the molecule is CCCc1ccc(-c2cc(F)c(/C(F)=C(\F)c3cc(F)c(F)c(F)c3)c(F)c2)cc1. The molecule has 0 amide bonds. The Morgan fingerprint density at radius 3 is 1.70 bits per heavy atom. The summed E-state index contributed by atoms with van der Waals surface area (Å²) < 4.78 is 97.2. The van der Waals surface area contributed by atoms with Gasteiger partial charge in [0.1, 0.15) is 11.6 Å². The maximum atomic E-state index is 14.5. The van der Waals surface area contributed by atoms with Crippen LogP contribution in [0, 0.1) is 29.1 Å². The largest absolute Gasteiger partial charge is 0.206 e. The van der Waals surface area contributed by atoms with Crippen LogP contribution in [0.5, 0.6) is 0 Å². The smallest absolute Gasteiger partial charge is 0.194 e. The molecular weight excluding hydrogens is 409 g/mol. The Kier molecular flexibility index (Phi) is 6.29. The molecule has 0 saturated carbocycles. The molecule has 0 aromatic heterocycles. The molecule has 0 N–H and O–H groups in total. The summed E-state index contributed by atoms with van der Waals surface area (Å²) in [5.74, 6) is -12.1. The first-order chi connectivity index (χ1) is 14.2. The summed E-state index contributed by atoms with van der Waals surface area (Å²) in [6, 6.07) is 8.91. The quantitative estimate of drug-likeness (QED) is 0.223. The van der Waals surface area contributed by atoms with Gasteiger partial charge >= 0.3 is 0 Å². The molecule has 0 nitrogen and oxygen atoms in total. The van der Waals surface area contributed by atoms with E-state index < -0.39 is 51.9 Å². The number of halogens is 7. The van der Waals surface area contributed by atoms with E-state index in [-0.39, 0.29) is 17.7 Å². The van der Waals surface area contributed by atoms with Crippen molar-refractivity contribution in [2.24, 2.45) is 0 Å². The molecule has 0 spiro atoms. The van der Waals surface area contributed by atoms with Crippen molar-refractivity contribution in [3.63, 3.8) is 0 Å². The normalized spacial score (nSPS) is 12.1. The van der Waals surface area contributed by atoms with Crippen LogP contribution in [0.25, 0.3) is 22.8 Å². The van der Waals surface area contributed by atoms with E-state index in [1.807, 2.05) is 6.92 Å². The molecule has 30 heavy (non-hydrogen) atoms. The van der Waals surface area contributed by atoms with Crippen LogP contribution in [0.4, 0.5) is 30.7 Å². The number of hydrogen-bond acceptors (Lipinski definition) is 0. The van der Waals surface area contributed by atoms with E-state index >= 15 is 0 Å². The summed E-state index contributed by atoms with van der Waals surface area (Å²) in [6.07, 6.45) is 1.76. The average molecular weight is 424 g/mol. The summed E-state index contributed by atoms with van der Waals surface area (Å²) in [6.45, 7) is 2.01. The second-order valence-electron chi connectivity index (χ2n) is 6.64. The third-order valence-electron chi connectivity index (χ3n) is 4.52. The molecule has 3 rings (SSSR count). The van der Waals surface area contributed by atoms with Crippen LogP contribution in [-0.4, -0.2) is 0 Å². The van der Waals surface area contributed by atoms with E-state index in [1.54, 1.807) is 24.3 Å². The lowest BCUT2D eigenvalue weighted by atomic mass is 9.99. The Balaban J connectivity index is 2.03. The molecule has 156 valence electrons. The molecule has 7 heteroatoms. The van der Waals surface area contributed by atoms with Gasteiger partial charge in [0, 0.05) is 5.56 Å². The van der Waals surface area contributed by atoms with Crippen molar-refractivity contribution in [1.82, 2.24) is 0 Å². The second-order valence-corrected chi connectivity index (χ2v) is 6.64. The van der Waals surface area contributed by atoms with E-state index in [0.717, 1.165) is 30.5 Å². The number of rotatable bonds is 5. The molecule has 0 aliphatic heterocycles. The van der Waals surface area contributed by atoms with Crippen LogP contribution in [0.1, 0.15) is 30.0 Å². The number of aryl methyl sites for hydroxylation is 1. The van der Waals surface area contributed by atoms with Crippen molar-refractivity contribution in [2.45, 2.75) is 19.8 Å².